The number of nitrogens with zero attached hydrogens (tertiary/aromatic N) is 2. The number of amides is 1. The van der Waals surface area contributed by atoms with Gasteiger partial charge >= 0.3 is 0 Å². The van der Waals surface area contributed by atoms with Crippen molar-refractivity contribution in [1.82, 2.24) is 15.2 Å². The fourth-order valence-corrected chi connectivity index (χ4v) is 4.19. The van der Waals surface area contributed by atoms with Gasteiger partial charge in [-0.25, -0.2) is 4.98 Å². The number of carbonyl (C=O) groups is 1. The van der Waals surface area contributed by atoms with Gasteiger partial charge in [0, 0.05) is 6.54 Å². The fourth-order valence-electron chi connectivity index (χ4n) is 2.56. The van der Waals surface area contributed by atoms with Gasteiger partial charge < -0.3 is 10.2 Å². The minimum atomic E-state index is -0.0701. The van der Waals surface area contributed by atoms with E-state index in [0.717, 1.165) is 9.88 Å². The molecule has 2 aromatic heterocycles. The Kier molecular flexibility index (Phi) is 5.63. The Morgan fingerprint density at radius 3 is 2.64 bits per heavy atom. The molecule has 3 rings (SSSR count). The second-order valence-corrected chi connectivity index (χ2v) is 8.09. The molecule has 0 bridgehead atoms. The van der Waals surface area contributed by atoms with E-state index in [4.69, 9.17) is 0 Å². The number of hydrogen-bond acceptors (Lipinski definition) is 5. The Hall–Kier alpha value is -2.02. The molecule has 1 unspecified atom stereocenters. The lowest BCUT2D eigenvalue weighted by Crippen LogP contribution is -2.34. The van der Waals surface area contributed by atoms with Gasteiger partial charge in [0.05, 0.1) is 17.1 Å². The van der Waals surface area contributed by atoms with Crippen LogP contribution >= 0.6 is 22.7 Å². The van der Waals surface area contributed by atoms with Crippen molar-refractivity contribution in [3.63, 3.8) is 0 Å². The molecule has 0 fully saturated rings. The summed E-state index contributed by atoms with van der Waals surface area (Å²) in [6, 6.07) is 12.6. The van der Waals surface area contributed by atoms with Gasteiger partial charge in [0.1, 0.15) is 9.88 Å². The zero-order valence-corrected chi connectivity index (χ0v) is 16.2. The van der Waals surface area contributed by atoms with Crippen LogP contribution in [0.15, 0.2) is 48.0 Å². The van der Waals surface area contributed by atoms with Crippen LogP contribution in [0.4, 0.5) is 0 Å². The maximum Gasteiger partial charge on any atom is 0.263 e. The molecule has 1 N–H and O–H groups in total. The average Bonchev–Trinajstić information content (AvgIpc) is 3.27. The molecule has 4 nitrogen and oxygen atoms in total. The highest BCUT2D eigenvalue weighted by Gasteiger charge is 2.17. The van der Waals surface area contributed by atoms with E-state index >= 15 is 0 Å². The van der Waals surface area contributed by atoms with E-state index in [1.54, 1.807) is 17.5 Å². The van der Waals surface area contributed by atoms with Crippen LogP contribution < -0.4 is 5.32 Å². The second kappa shape index (κ2) is 7.91. The van der Waals surface area contributed by atoms with Crippen molar-refractivity contribution in [1.29, 1.82) is 0 Å². The van der Waals surface area contributed by atoms with Crippen LogP contribution in [0.3, 0.4) is 0 Å². The maximum atomic E-state index is 12.5. The van der Waals surface area contributed by atoms with E-state index in [0.29, 0.717) is 11.4 Å². The van der Waals surface area contributed by atoms with E-state index in [1.165, 1.54) is 22.5 Å². The topological polar surface area (TPSA) is 45.2 Å². The second-order valence-electron chi connectivity index (χ2n) is 6.11. The molecule has 0 aliphatic carbocycles. The number of thiazole rings is 1. The summed E-state index contributed by atoms with van der Waals surface area (Å²) in [4.78, 5) is 20.7. The lowest BCUT2D eigenvalue weighted by Gasteiger charge is -2.25. The number of likely N-dealkylation sites (N-methyl/N-ethyl adjacent to an activating group) is 1. The Morgan fingerprint density at radius 1 is 1.24 bits per heavy atom. The van der Waals surface area contributed by atoms with Crippen LogP contribution in [0.1, 0.15) is 26.8 Å². The molecule has 0 saturated heterocycles. The first-order valence-electron chi connectivity index (χ1n) is 8.05. The summed E-state index contributed by atoms with van der Waals surface area (Å²) >= 11 is 3.06. The Labute approximate surface area is 156 Å². The molecule has 0 radical (unpaired) electrons. The van der Waals surface area contributed by atoms with Gasteiger partial charge in [-0.05, 0) is 38.0 Å². The number of benzene rings is 1. The molecule has 1 atom stereocenters. The summed E-state index contributed by atoms with van der Waals surface area (Å²) in [7, 11) is 4.05. The quantitative estimate of drug-likeness (QED) is 0.706. The van der Waals surface area contributed by atoms with Gasteiger partial charge in [-0.3, -0.25) is 4.79 Å². The van der Waals surface area contributed by atoms with Gasteiger partial charge in [-0.1, -0.05) is 35.9 Å². The predicted molar refractivity (Wildman–Crippen MR) is 105 cm³/mol. The summed E-state index contributed by atoms with van der Waals surface area (Å²) in [5.74, 6) is -0.0701. The van der Waals surface area contributed by atoms with Gasteiger partial charge in [-0.15, -0.1) is 22.7 Å². The SMILES string of the molecule is Cc1ccc(C(CNC(=O)c2cnc(-c3cccs3)s2)N(C)C)cc1. The van der Waals surface area contributed by atoms with E-state index in [9.17, 15) is 4.79 Å². The van der Waals surface area contributed by atoms with Gasteiger partial charge in [0.2, 0.25) is 0 Å². The van der Waals surface area contributed by atoms with E-state index < -0.39 is 0 Å². The molecule has 1 aromatic carbocycles. The summed E-state index contributed by atoms with van der Waals surface area (Å²) in [5.41, 5.74) is 2.43. The minimum absolute atomic E-state index is 0.0701. The van der Waals surface area contributed by atoms with Crippen LogP contribution in [-0.2, 0) is 0 Å². The zero-order valence-electron chi connectivity index (χ0n) is 14.5. The molecule has 3 aromatic rings. The van der Waals surface area contributed by atoms with Crippen molar-refractivity contribution < 1.29 is 4.79 Å². The molecular formula is C19H21N3OS2. The lowest BCUT2D eigenvalue weighted by molar-refractivity contribution is 0.0946. The van der Waals surface area contributed by atoms with Gasteiger partial charge in [-0.2, -0.15) is 0 Å². The highest BCUT2D eigenvalue weighted by atomic mass is 32.1. The first-order chi connectivity index (χ1) is 12.0. The van der Waals surface area contributed by atoms with Crippen molar-refractivity contribution in [3.8, 4) is 9.88 Å². The normalized spacial score (nSPS) is 12.3. The van der Waals surface area contributed by atoms with E-state index in [2.05, 4.69) is 46.4 Å². The molecule has 0 aliphatic rings. The number of hydrogen-bond donors (Lipinski definition) is 1. The number of rotatable bonds is 6. The highest BCUT2D eigenvalue weighted by molar-refractivity contribution is 7.21. The highest BCUT2D eigenvalue weighted by Crippen LogP contribution is 2.29. The third kappa shape index (κ3) is 4.34. The third-order valence-electron chi connectivity index (χ3n) is 4.00. The molecule has 6 heteroatoms. The van der Waals surface area contributed by atoms with E-state index in [1.807, 2.05) is 31.6 Å². The summed E-state index contributed by atoms with van der Waals surface area (Å²) in [6.07, 6.45) is 1.66. The minimum Gasteiger partial charge on any atom is -0.349 e. The average molecular weight is 372 g/mol. The van der Waals surface area contributed by atoms with Crippen molar-refractivity contribution >= 4 is 28.6 Å². The monoisotopic (exact) mass is 371 g/mol. The molecular weight excluding hydrogens is 350 g/mol. The number of carbonyl (C=O) groups excluding carboxylic acids is 1. The lowest BCUT2D eigenvalue weighted by atomic mass is 10.0. The van der Waals surface area contributed by atoms with Crippen LogP contribution in [0.2, 0.25) is 0 Å². The molecule has 130 valence electrons. The number of thiophene rings is 1. The van der Waals surface area contributed by atoms with Crippen molar-refractivity contribution in [2.45, 2.75) is 13.0 Å². The van der Waals surface area contributed by atoms with Gasteiger partial charge in [0.25, 0.3) is 5.91 Å². The van der Waals surface area contributed by atoms with Crippen molar-refractivity contribution in [2.75, 3.05) is 20.6 Å². The Balaban J connectivity index is 1.66. The number of aryl methyl sites for hydroxylation is 1. The standard InChI is InChI=1S/C19H21N3OS2/c1-13-6-8-14(9-7-13)15(22(2)3)11-20-18(23)17-12-21-19(25-17)16-5-4-10-24-16/h4-10,12,15H,11H2,1-3H3,(H,20,23). The first kappa shape index (κ1) is 17.8. The molecule has 1 amide bonds. The van der Waals surface area contributed by atoms with E-state index in [-0.39, 0.29) is 11.9 Å². The molecule has 25 heavy (non-hydrogen) atoms. The Morgan fingerprint density at radius 2 is 2.00 bits per heavy atom. The first-order valence-corrected chi connectivity index (χ1v) is 9.75. The number of aromatic nitrogens is 1. The van der Waals surface area contributed by atoms with Crippen molar-refractivity contribution in [3.05, 3.63) is 64.0 Å². The molecule has 2 heterocycles. The molecule has 0 saturated carbocycles. The Bertz CT molecular complexity index is 823. The van der Waals surface area contributed by atoms with Crippen molar-refractivity contribution in [2.24, 2.45) is 0 Å². The van der Waals surface area contributed by atoms with Crippen LogP contribution in [0.25, 0.3) is 9.88 Å². The summed E-state index contributed by atoms with van der Waals surface area (Å²) < 4.78 is 0. The smallest absolute Gasteiger partial charge is 0.263 e. The van der Waals surface area contributed by atoms with Crippen LogP contribution in [0.5, 0.6) is 0 Å². The summed E-state index contributed by atoms with van der Waals surface area (Å²) in [6.45, 7) is 2.63. The summed E-state index contributed by atoms with van der Waals surface area (Å²) in [5, 5.41) is 5.95. The van der Waals surface area contributed by atoms with Crippen LogP contribution in [-0.4, -0.2) is 36.4 Å². The predicted octanol–water partition coefficient (Wildman–Crippen LogP) is 4.21. The zero-order chi connectivity index (χ0) is 17.8. The van der Waals surface area contributed by atoms with Crippen LogP contribution in [0, 0.1) is 6.92 Å². The maximum absolute atomic E-state index is 12.5. The number of nitrogens with one attached hydrogen (secondary N) is 1. The molecule has 0 spiro atoms. The fraction of sp³-hybridized carbons (Fsp3) is 0.263. The molecule has 0 aliphatic heterocycles. The largest absolute Gasteiger partial charge is 0.349 e. The third-order valence-corrected chi connectivity index (χ3v) is 6.04. The van der Waals surface area contributed by atoms with Gasteiger partial charge in [0.15, 0.2) is 0 Å².